The van der Waals surface area contributed by atoms with Gasteiger partial charge in [0.15, 0.2) is 5.96 Å². The minimum Gasteiger partial charge on any atom is -0.357 e. The third-order valence-electron chi connectivity index (χ3n) is 3.29. The molecule has 0 aromatic heterocycles. The van der Waals surface area contributed by atoms with E-state index in [1.165, 1.54) is 5.56 Å². The van der Waals surface area contributed by atoms with Crippen molar-refractivity contribution in [1.82, 2.24) is 10.6 Å². The Kier molecular flexibility index (Phi) is 8.28. The number of hydrogen-bond donors (Lipinski definition) is 2. The molecule has 1 aromatic rings. The molecule has 0 saturated heterocycles. The van der Waals surface area contributed by atoms with Crippen molar-refractivity contribution in [3.8, 4) is 0 Å². The fourth-order valence-electron chi connectivity index (χ4n) is 1.82. The van der Waals surface area contributed by atoms with Crippen LogP contribution in [0.25, 0.3) is 0 Å². The summed E-state index contributed by atoms with van der Waals surface area (Å²) in [5.41, 5.74) is 1.39. The number of rotatable bonds is 8. The van der Waals surface area contributed by atoms with Crippen molar-refractivity contribution in [2.24, 2.45) is 4.99 Å². The van der Waals surface area contributed by atoms with E-state index in [9.17, 15) is 0 Å². The molecule has 0 atom stereocenters. The van der Waals surface area contributed by atoms with E-state index in [0.29, 0.717) is 0 Å². The first-order chi connectivity index (χ1) is 10.1. The summed E-state index contributed by atoms with van der Waals surface area (Å²) in [4.78, 5) is 4.67. The second kappa shape index (κ2) is 9.72. The number of benzene rings is 1. The van der Waals surface area contributed by atoms with Gasteiger partial charge in [0, 0.05) is 17.8 Å². The number of aliphatic imine (C=N–C) groups is 1. The van der Waals surface area contributed by atoms with Gasteiger partial charge in [-0.2, -0.15) is 11.8 Å². The van der Waals surface area contributed by atoms with Crippen LogP contribution in [0.5, 0.6) is 0 Å². The molecule has 2 N–H and O–H groups in total. The van der Waals surface area contributed by atoms with E-state index in [1.807, 2.05) is 11.8 Å². The Morgan fingerprint density at radius 2 is 1.90 bits per heavy atom. The van der Waals surface area contributed by atoms with Crippen molar-refractivity contribution in [2.75, 3.05) is 25.9 Å². The molecule has 0 fully saturated rings. The molecule has 0 spiro atoms. The predicted molar refractivity (Wildman–Crippen MR) is 96.3 cm³/mol. The molecule has 1 rings (SSSR count). The molecule has 3 nitrogen and oxygen atoms in total. The highest BCUT2D eigenvalue weighted by molar-refractivity contribution is 7.99. The van der Waals surface area contributed by atoms with E-state index in [2.05, 4.69) is 73.0 Å². The summed E-state index contributed by atoms with van der Waals surface area (Å²) in [6.07, 6.45) is 4.35. The molecule has 0 aliphatic rings. The van der Waals surface area contributed by atoms with Gasteiger partial charge >= 0.3 is 0 Å². The topological polar surface area (TPSA) is 36.4 Å². The van der Waals surface area contributed by atoms with Crippen LogP contribution in [0, 0.1) is 0 Å². The Morgan fingerprint density at radius 3 is 2.52 bits per heavy atom. The maximum Gasteiger partial charge on any atom is 0.191 e. The fourth-order valence-corrected chi connectivity index (χ4v) is 2.01. The minimum atomic E-state index is 0.187. The van der Waals surface area contributed by atoms with Gasteiger partial charge in [-0.05, 0) is 45.4 Å². The molecule has 0 heterocycles. The van der Waals surface area contributed by atoms with E-state index >= 15 is 0 Å². The van der Waals surface area contributed by atoms with Crippen LogP contribution in [0.1, 0.15) is 32.8 Å². The summed E-state index contributed by atoms with van der Waals surface area (Å²) in [6.45, 7) is 9.20. The highest BCUT2D eigenvalue weighted by Gasteiger charge is 2.15. The summed E-state index contributed by atoms with van der Waals surface area (Å²) in [5.74, 6) is 0.924. The van der Waals surface area contributed by atoms with Crippen molar-refractivity contribution in [1.29, 1.82) is 0 Å². The monoisotopic (exact) mass is 307 g/mol. The van der Waals surface area contributed by atoms with Gasteiger partial charge in [0.1, 0.15) is 0 Å². The molecule has 0 aliphatic heterocycles. The van der Waals surface area contributed by atoms with E-state index in [0.717, 1.165) is 38.4 Å². The Bertz CT molecular complexity index is 415. The first-order valence-corrected chi connectivity index (χ1v) is 8.91. The van der Waals surface area contributed by atoms with Crippen molar-refractivity contribution in [2.45, 2.75) is 38.4 Å². The summed E-state index contributed by atoms with van der Waals surface area (Å²) < 4.78 is 0.187. The second-order valence-electron chi connectivity index (χ2n) is 5.67. The Labute approximate surface area is 134 Å². The number of aryl methyl sites for hydroxylation is 1. The lowest BCUT2D eigenvalue weighted by molar-refractivity contribution is 0.702. The highest BCUT2D eigenvalue weighted by Crippen LogP contribution is 2.20. The van der Waals surface area contributed by atoms with Crippen molar-refractivity contribution >= 4 is 17.7 Å². The van der Waals surface area contributed by atoms with Gasteiger partial charge in [-0.25, -0.2) is 0 Å². The zero-order valence-electron chi connectivity index (χ0n) is 13.8. The number of nitrogens with zero attached hydrogens (tertiary/aromatic N) is 1. The molecule has 1 aromatic carbocycles. The van der Waals surface area contributed by atoms with E-state index < -0.39 is 0 Å². The maximum atomic E-state index is 4.67. The molecule has 0 radical (unpaired) electrons. The Morgan fingerprint density at radius 1 is 1.19 bits per heavy atom. The lowest BCUT2D eigenvalue weighted by atomic mass is 10.1. The van der Waals surface area contributed by atoms with Gasteiger partial charge in [0.05, 0.1) is 6.54 Å². The lowest BCUT2D eigenvalue weighted by Crippen LogP contribution is -2.39. The third-order valence-corrected chi connectivity index (χ3v) is 4.53. The van der Waals surface area contributed by atoms with E-state index in [1.54, 1.807) is 0 Å². The normalized spacial score (nSPS) is 12.3. The molecule has 0 saturated carbocycles. The summed E-state index contributed by atoms with van der Waals surface area (Å²) in [5, 5.41) is 6.72. The minimum absolute atomic E-state index is 0.187. The van der Waals surface area contributed by atoms with Gasteiger partial charge in [0.25, 0.3) is 0 Å². The zero-order valence-corrected chi connectivity index (χ0v) is 14.6. The van der Waals surface area contributed by atoms with Gasteiger partial charge in [-0.3, -0.25) is 4.99 Å². The fraction of sp³-hybridized carbons (Fsp3) is 0.588. The van der Waals surface area contributed by atoms with Crippen LogP contribution >= 0.6 is 11.8 Å². The summed E-state index contributed by atoms with van der Waals surface area (Å²) >= 11 is 1.85. The maximum absolute atomic E-state index is 4.67. The molecule has 0 unspecified atom stereocenters. The third kappa shape index (κ3) is 8.00. The Balaban J connectivity index is 2.35. The molecule has 0 aliphatic carbocycles. The quantitative estimate of drug-likeness (QED) is 0.439. The molecule has 21 heavy (non-hydrogen) atoms. The molecule has 4 heteroatoms. The van der Waals surface area contributed by atoms with Gasteiger partial charge in [-0.1, -0.05) is 30.3 Å². The SMILES string of the molecule is CCNC(=NCC(C)(C)SC)NCCCc1ccccc1. The van der Waals surface area contributed by atoms with Crippen molar-refractivity contribution in [3.05, 3.63) is 35.9 Å². The lowest BCUT2D eigenvalue weighted by Gasteiger charge is -2.20. The molecular formula is C17H29N3S. The smallest absolute Gasteiger partial charge is 0.191 e. The molecule has 0 bridgehead atoms. The van der Waals surface area contributed by atoms with Crippen LogP contribution < -0.4 is 10.6 Å². The van der Waals surface area contributed by atoms with Crippen LogP contribution in [0.4, 0.5) is 0 Å². The number of thioether (sulfide) groups is 1. The number of hydrogen-bond acceptors (Lipinski definition) is 2. The van der Waals surface area contributed by atoms with Gasteiger partial charge in [0.2, 0.25) is 0 Å². The van der Waals surface area contributed by atoms with Crippen molar-refractivity contribution < 1.29 is 0 Å². The molecular weight excluding hydrogens is 278 g/mol. The first kappa shape index (κ1) is 17.9. The van der Waals surface area contributed by atoms with Gasteiger partial charge in [-0.15, -0.1) is 0 Å². The zero-order chi connectivity index (χ0) is 15.6. The largest absolute Gasteiger partial charge is 0.357 e. The molecule has 0 amide bonds. The average Bonchev–Trinajstić information content (AvgIpc) is 2.50. The van der Waals surface area contributed by atoms with E-state index in [4.69, 9.17) is 0 Å². The number of guanidine groups is 1. The first-order valence-electron chi connectivity index (χ1n) is 7.68. The summed E-state index contributed by atoms with van der Waals surface area (Å²) in [7, 11) is 0. The van der Waals surface area contributed by atoms with Crippen LogP contribution in [-0.2, 0) is 6.42 Å². The average molecular weight is 308 g/mol. The molecule has 118 valence electrons. The second-order valence-corrected chi connectivity index (χ2v) is 7.19. The van der Waals surface area contributed by atoms with Gasteiger partial charge < -0.3 is 10.6 Å². The van der Waals surface area contributed by atoms with E-state index in [-0.39, 0.29) is 4.75 Å². The van der Waals surface area contributed by atoms with Crippen LogP contribution in [-0.4, -0.2) is 36.6 Å². The van der Waals surface area contributed by atoms with Crippen LogP contribution in [0.15, 0.2) is 35.3 Å². The standard InChI is InChI=1S/C17H29N3S/c1-5-18-16(20-14-17(2,3)21-4)19-13-9-12-15-10-7-6-8-11-15/h6-8,10-11H,5,9,12-14H2,1-4H3,(H2,18,19,20). The number of nitrogens with one attached hydrogen (secondary N) is 2. The predicted octanol–water partition coefficient (Wildman–Crippen LogP) is 3.32. The van der Waals surface area contributed by atoms with Crippen molar-refractivity contribution in [3.63, 3.8) is 0 Å². The van der Waals surface area contributed by atoms with Crippen LogP contribution in [0.2, 0.25) is 0 Å². The van der Waals surface area contributed by atoms with Crippen LogP contribution in [0.3, 0.4) is 0 Å². The summed E-state index contributed by atoms with van der Waals surface area (Å²) in [6, 6.07) is 10.6. The Hall–Kier alpha value is -1.16. The highest BCUT2D eigenvalue weighted by atomic mass is 32.2.